The summed E-state index contributed by atoms with van der Waals surface area (Å²) in [6.07, 6.45) is 0. The molecule has 0 unspecified atom stereocenters. The number of rotatable bonds is 3. The van der Waals surface area contributed by atoms with Crippen molar-refractivity contribution in [1.82, 2.24) is 9.80 Å². The molecule has 3 nitrogen and oxygen atoms in total. The zero-order valence-electron chi connectivity index (χ0n) is 10.8. The fourth-order valence-corrected chi connectivity index (χ4v) is 3.69. The maximum absolute atomic E-state index is 9.14. The molecule has 0 bridgehead atoms. The monoisotopic (exact) mass is 327 g/mol. The highest BCUT2D eigenvalue weighted by Crippen LogP contribution is 2.22. The predicted octanol–water partition coefficient (Wildman–Crippen LogP) is 2.93. The molecular weight excluding hydrogens is 310 g/mol. The van der Waals surface area contributed by atoms with Gasteiger partial charge in [0, 0.05) is 47.5 Å². The van der Waals surface area contributed by atoms with E-state index in [1.54, 1.807) is 11.3 Å². The molecule has 0 amide bonds. The van der Waals surface area contributed by atoms with E-state index >= 15 is 0 Å². The van der Waals surface area contributed by atoms with Crippen LogP contribution in [0.3, 0.4) is 0 Å². The van der Waals surface area contributed by atoms with Crippen molar-refractivity contribution in [3.05, 3.63) is 20.8 Å². The van der Waals surface area contributed by atoms with E-state index in [-0.39, 0.29) is 5.54 Å². The highest BCUT2D eigenvalue weighted by molar-refractivity contribution is 9.10. The van der Waals surface area contributed by atoms with Crippen LogP contribution in [0, 0.1) is 11.3 Å². The summed E-state index contributed by atoms with van der Waals surface area (Å²) in [4.78, 5) is 6.13. The van der Waals surface area contributed by atoms with Gasteiger partial charge in [0.2, 0.25) is 0 Å². The second-order valence-electron chi connectivity index (χ2n) is 5.17. The first-order valence-corrected chi connectivity index (χ1v) is 7.80. The Morgan fingerprint density at radius 1 is 1.39 bits per heavy atom. The Bertz CT molecular complexity index is 441. The third-order valence-corrected chi connectivity index (χ3v) is 5.12. The molecule has 2 rings (SSSR count). The fourth-order valence-electron chi connectivity index (χ4n) is 2.19. The van der Waals surface area contributed by atoms with E-state index in [0.717, 1.165) is 32.7 Å². The van der Waals surface area contributed by atoms with Crippen LogP contribution in [-0.2, 0) is 6.54 Å². The molecule has 0 aromatic carbocycles. The summed E-state index contributed by atoms with van der Waals surface area (Å²) in [6.45, 7) is 9.07. The lowest BCUT2D eigenvalue weighted by atomic mass is 10.0. The molecule has 5 heteroatoms. The standard InChI is InChI=1S/C13H18BrN3S/c1-13(2,10-15)17-5-3-16(4-6-17)8-12-7-11(14)9-18-12/h7,9H,3-6,8H2,1-2H3. The summed E-state index contributed by atoms with van der Waals surface area (Å²) >= 11 is 5.29. The molecule has 2 heterocycles. The molecule has 1 aromatic rings. The molecule has 1 saturated heterocycles. The lowest BCUT2D eigenvalue weighted by molar-refractivity contribution is 0.0769. The van der Waals surface area contributed by atoms with Gasteiger partial charge >= 0.3 is 0 Å². The molecule has 1 aromatic heterocycles. The Kier molecular flexibility index (Phi) is 4.44. The Morgan fingerprint density at radius 3 is 2.56 bits per heavy atom. The Hall–Kier alpha value is -0.410. The predicted molar refractivity (Wildman–Crippen MR) is 78.6 cm³/mol. The van der Waals surface area contributed by atoms with Crippen LogP contribution in [0.5, 0.6) is 0 Å². The van der Waals surface area contributed by atoms with E-state index in [4.69, 9.17) is 5.26 Å². The van der Waals surface area contributed by atoms with Crippen LogP contribution < -0.4 is 0 Å². The number of hydrogen-bond acceptors (Lipinski definition) is 4. The van der Waals surface area contributed by atoms with E-state index in [0.29, 0.717) is 0 Å². The highest BCUT2D eigenvalue weighted by Gasteiger charge is 2.29. The van der Waals surface area contributed by atoms with Crippen molar-refractivity contribution in [1.29, 1.82) is 5.26 Å². The van der Waals surface area contributed by atoms with Gasteiger partial charge < -0.3 is 0 Å². The third kappa shape index (κ3) is 3.33. The fraction of sp³-hybridized carbons (Fsp3) is 0.615. The zero-order valence-corrected chi connectivity index (χ0v) is 13.2. The average molecular weight is 328 g/mol. The molecular formula is C13H18BrN3S. The van der Waals surface area contributed by atoms with Crippen LogP contribution in [0.25, 0.3) is 0 Å². The second kappa shape index (κ2) is 5.70. The minimum Gasteiger partial charge on any atom is -0.296 e. The topological polar surface area (TPSA) is 30.3 Å². The molecule has 0 spiro atoms. The van der Waals surface area contributed by atoms with Crippen LogP contribution in [-0.4, -0.2) is 41.5 Å². The molecule has 1 aliphatic heterocycles. The van der Waals surface area contributed by atoms with E-state index in [2.05, 4.69) is 43.2 Å². The van der Waals surface area contributed by atoms with Crippen LogP contribution >= 0.6 is 27.3 Å². The maximum atomic E-state index is 9.14. The summed E-state index contributed by atoms with van der Waals surface area (Å²) in [5, 5.41) is 11.3. The van der Waals surface area contributed by atoms with E-state index in [1.165, 1.54) is 9.35 Å². The molecule has 0 saturated carbocycles. The van der Waals surface area contributed by atoms with Crippen molar-refractivity contribution < 1.29 is 0 Å². The van der Waals surface area contributed by atoms with Crippen LogP contribution in [0.15, 0.2) is 15.9 Å². The lowest BCUT2D eigenvalue weighted by Crippen LogP contribution is -2.53. The van der Waals surface area contributed by atoms with Crippen LogP contribution in [0.2, 0.25) is 0 Å². The summed E-state index contributed by atoms with van der Waals surface area (Å²) in [6, 6.07) is 4.57. The van der Waals surface area contributed by atoms with Crippen molar-refractivity contribution in [2.45, 2.75) is 25.9 Å². The van der Waals surface area contributed by atoms with Crippen molar-refractivity contribution >= 4 is 27.3 Å². The van der Waals surface area contributed by atoms with Crippen LogP contribution in [0.4, 0.5) is 0 Å². The first-order valence-electron chi connectivity index (χ1n) is 6.13. The average Bonchev–Trinajstić information content (AvgIpc) is 2.75. The van der Waals surface area contributed by atoms with E-state index in [1.807, 2.05) is 13.8 Å². The van der Waals surface area contributed by atoms with Gasteiger partial charge in [-0.2, -0.15) is 5.26 Å². The number of halogens is 1. The van der Waals surface area contributed by atoms with E-state index < -0.39 is 0 Å². The van der Waals surface area contributed by atoms with Gasteiger partial charge in [-0.25, -0.2) is 0 Å². The normalized spacial score (nSPS) is 18.8. The Morgan fingerprint density at radius 2 is 2.06 bits per heavy atom. The third-order valence-electron chi connectivity index (χ3n) is 3.44. The number of nitrogens with zero attached hydrogens (tertiary/aromatic N) is 3. The van der Waals surface area contributed by atoms with Crippen molar-refractivity contribution in [2.24, 2.45) is 0 Å². The lowest BCUT2D eigenvalue weighted by Gasteiger charge is -2.40. The molecule has 0 N–H and O–H groups in total. The van der Waals surface area contributed by atoms with Gasteiger partial charge in [-0.05, 0) is 35.8 Å². The highest BCUT2D eigenvalue weighted by atomic mass is 79.9. The summed E-state index contributed by atoms with van der Waals surface area (Å²) in [7, 11) is 0. The molecule has 98 valence electrons. The molecule has 1 fully saturated rings. The van der Waals surface area contributed by atoms with Gasteiger partial charge in [0.25, 0.3) is 0 Å². The van der Waals surface area contributed by atoms with Crippen LogP contribution in [0.1, 0.15) is 18.7 Å². The molecule has 1 aliphatic rings. The van der Waals surface area contributed by atoms with Gasteiger partial charge in [-0.3, -0.25) is 9.80 Å². The molecule has 0 aliphatic carbocycles. The first kappa shape index (κ1) is 14.0. The first-order chi connectivity index (χ1) is 8.51. The van der Waals surface area contributed by atoms with Crippen molar-refractivity contribution in [2.75, 3.05) is 26.2 Å². The van der Waals surface area contributed by atoms with Gasteiger partial charge in [0.15, 0.2) is 0 Å². The minimum atomic E-state index is -0.335. The zero-order chi connectivity index (χ0) is 13.2. The summed E-state index contributed by atoms with van der Waals surface area (Å²) < 4.78 is 1.17. The Labute approximate surface area is 121 Å². The van der Waals surface area contributed by atoms with Gasteiger partial charge in [-0.1, -0.05) is 0 Å². The second-order valence-corrected chi connectivity index (χ2v) is 7.08. The number of hydrogen-bond donors (Lipinski definition) is 0. The SMILES string of the molecule is CC(C)(C#N)N1CCN(Cc2cc(Br)cs2)CC1. The number of thiophene rings is 1. The minimum absolute atomic E-state index is 0.335. The Balaban J connectivity index is 1.86. The molecule has 0 atom stereocenters. The number of piperazine rings is 1. The van der Waals surface area contributed by atoms with Crippen molar-refractivity contribution in [3.63, 3.8) is 0 Å². The maximum Gasteiger partial charge on any atom is 0.103 e. The summed E-state index contributed by atoms with van der Waals surface area (Å²) in [5.74, 6) is 0. The van der Waals surface area contributed by atoms with Gasteiger partial charge in [0.05, 0.1) is 6.07 Å². The number of nitriles is 1. The largest absolute Gasteiger partial charge is 0.296 e. The summed E-state index contributed by atoms with van der Waals surface area (Å²) in [5.41, 5.74) is -0.335. The quantitative estimate of drug-likeness (QED) is 0.855. The van der Waals surface area contributed by atoms with Gasteiger partial charge in [-0.15, -0.1) is 11.3 Å². The van der Waals surface area contributed by atoms with Gasteiger partial charge in [0.1, 0.15) is 5.54 Å². The van der Waals surface area contributed by atoms with Crippen molar-refractivity contribution in [3.8, 4) is 6.07 Å². The molecule has 18 heavy (non-hydrogen) atoms. The molecule has 0 radical (unpaired) electrons. The smallest absolute Gasteiger partial charge is 0.103 e. The van der Waals surface area contributed by atoms with E-state index in [9.17, 15) is 0 Å².